The molecule has 2 aliphatic rings. The van der Waals surface area contributed by atoms with Crippen LogP contribution >= 0.6 is 0 Å². The number of phenols is 1. The number of rotatable bonds is 3. The summed E-state index contributed by atoms with van der Waals surface area (Å²) in [5.41, 5.74) is 1.29. The van der Waals surface area contributed by atoms with Crippen LogP contribution in [-0.4, -0.2) is 35.2 Å². The third-order valence-electron chi connectivity index (χ3n) is 4.54. The second-order valence-corrected chi connectivity index (χ2v) is 6.13. The summed E-state index contributed by atoms with van der Waals surface area (Å²) in [6.07, 6.45) is 4.03. The minimum Gasteiger partial charge on any atom is -0.508 e. The van der Waals surface area contributed by atoms with E-state index in [-0.39, 0.29) is 0 Å². The summed E-state index contributed by atoms with van der Waals surface area (Å²) >= 11 is 0. The molecule has 19 heavy (non-hydrogen) atoms. The number of aromatic hydroxyl groups is 1. The molecule has 1 aromatic rings. The van der Waals surface area contributed by atoms with Gasteiger partial charge < -0.3 is 10.4 Å². The summed E-state index contributed by atoms with van der Waals surface area (Å²) in [4.78, 5) is 2.59. The van der Waals surface area contributed by atoms with Crippen molar-refractivity contribution in [2.75, 3.05) is 13.1 Å². The Morgan fingerprint density at radius 1 is 1.21 bits per heavy atom. The van der Waals surface area contributed by atoms with Crippen molar-refractivity contribution < 1.29 is 5.11 Å². The molecular formula is C16H24N2O. The van der Waals surface area contributed by atoms with Gasteiger partial charge in [-0.1, -0.05) is 12.1 Å². The van der Waals surface area contributed by atoms with E-state index in [1.807, 2.05) is 12.1 Å². The average molecular weight is 260 g/mol. The van der Waals surface area contributed by atoms with Gasteiger partial charge in [0.1, 0.15) is 5.75 Å². The van der Waals surface area contributed by atoms with E-state index in [1.54, 1.807) is 12.1 Å². The van der Waals surface area contributed by atoms with Crippen molar-refractivity contribution in [3.8, 4) is 5.75 Å². The van der Waals surface area contributed by atoms with Crippen molar-refractivity contribution in [3.05, 3.63) is 29.8 Å². The molecule has 3 heteroatoms. The van der Waals surface area contributed by atoms with Crippen LogP contribution in [0.5, 0.6) is 5.75 Å². The molecule has 1 heterocycles. The molecule has 2 atom stereocenters. The molecule has 1 saturated heterocycles. The largest absolute Gasteiger partial charge is 0.508 e. The first-order valence-electron chi connectivity index (χ1n) is 7.48. The smallest absolute Gasteiger partial charge is 0.115 e. The maximum atomic E-state index is 9.36. The molecule has 1 saturated carbocycles. The molecule has 2 unspecified atom stereocenters. The van der Waals surface area contributed by atoms with E-state index in [9.17, 15) is 5.11 Å². The first-order chi connectivity index (χ1) is 9.22. The van der Waals surface area contributed by atoms with Crippen LogP contribution in [0.25, 0.3) is 0 Å². The number of nitrogens with zero attached hydrogens (tertiary/aromatic N) is 1. The zero-order valence-electron chi connectivity index (χ0n) is 11.7. The molecule has 0 radical (unpaired) electrons. The highest BCUT2D eigenvalue weighted by Crippen LogP contribution is 2.34. The fraction of sp³-hybridized carbons (Fsp3) is 0.625. The van der Waals surface area contributed by atoms with Crippen molar-refractivity contribution >= 4 is 0 Å². The zero-order valence-corrected chi connectivity index (χ0v) is 11.7. The molecule has 1 aliphatic heterocycles. The molecule has 0 amide bonds. The SMILES string of the molecule is CC1CCNC(C2CC2)CN1Cc1ccc(O)cc1. The first kappa shape index (κ1) is 12.9. The molecule has 1 aliphatic carbocycles. The van der Waals surface area contributed by atoms with Gasteiger partial charge in [-0.3, -0.25) is 4.90 Å². The van der Waals surface area contributed by atoms with Gasteiger partial charge in [-0.25, -0.2) is 0 Å². The van der Waals surface area contributed by atoms with Crippen LogP contribution in [-0.2, 0) is 6.54 Å². The Bertz CT molecular complexity index is 413. The lowest BCUT2D eigenvalue weighted by Gasteiger charge is -2.29. The minimum absolute atomic E-state index is 0.352. The quantitative estimate of drug-likeness (QED) is 0.875. The summed E-state index contributed by atoms with van der Waals surface area (Å²) in [5.74, 6) is 1.26. The highest BCUT2D eigenvalue weighted by atomic mass is 16.3. The Kier molecular flexibility index (Phi) is 3.76. The fourth-order valence-electron chi connectivity index (χ4n) is 3.03. The molecule has 0 bridgehead atoms. The Morgan fingerprint density at radius 2 is 1.95 bits per heavy atom. The van der Waals surface area contributed by atoms with Gasteiger partial charge >= 0.3 is 0 Å². The van der Waals surface area contributed by atoms with Crippen molar-refractivity contribution in [3.63, 3.8) is 0 Å². The number of phenolic OH excluding ortho intramolecular Hbond substituents is 1. The third kappa shape index (κ3) is 3.28. The maximum Gasteiger partial charge on any atom is 0.115 e. The predicted octanol–water partition coefficient (Wildman–Crippen LogP) is 2.35. The lowest BCUT2D eigenvalue weighted by Crippen LogP contribution is -2.40. The van der Waals surface area contributed by atoms with E-state index in [1.165, 1.54) is 24.8 Å². The van der Waals surface area contributed by atoms with Gasteiger partial charge in [-0.05, 0) is 56.3 Å². The maximum absolute atomic E-state index is 9.36. The zero-order chi connectivity index (χ0) is 13.2. The summed E-state index contributed by atoms with van der Waals surface area (Å²) in [5, 5.41) is 13.1. The van der Waals surface area contributed by atoms with Gasteiger partial charge in [-0.2, -0.15) is 0 Å². The normalized spacial score (nSPS) is 29.1. The molecule has 0 spiro atoms. The van der Waals surface area contributed by atoms with Crippen LogP contribution in [0.3, 0.4) is 0 Å². The van der Waals surface area contributed by atoms with Crippen LogP contribution in [0.15, 0.2) is 24.3 Å². The van der Waals surface area contributed by atoms with Gasteiger partial charge in [0.05, 0.1) is 0 Å². The van der Waals surface area contributed by atoms with E-state index in [4.69, 9.17) is 0 Å². The Balaban J connectivity index is 1.67. The molecule has 104 valence electrons. The highest BCUT2D eigenvalue weighted by Gasteiger charge is 2.34. The monoisotopic (exact) mass is 260 g/mol. The fourth-order valence-corrected chi connectivity index (χ4v) is 3.03. The van der Waals surface area contributed by atoms with Crippen LogP contribution in [0.4, 0.5) is 0 Å². The average Bonchev–Trinajstić information content (AvgIpc) is 3.22. The predicted molar refractivity (Wildman–Crippen MR) is 77.1 cm³/mol. The van der Waals surface area contributed by atoms with Gasteiger partial charge in [0.25, 0.3) is 0 Å². The lowest BCUT2D eigenvalue weighted by molar-refractivity contribution is 0.190. The van der Waals surface area contributed by atoms with Crippen LogP contribution in [0.2, 0.25) is 0 Å². The standard InChI is InChI=1S/C16H24N2O/c1-12-8-9-17-16(14-4-5-14)11-18(12)10-13-2-6-15(19)7-3-13/h2-3,6-7,12,14,16-17,19H,4-5,8-11H2,1H3. The van der Waals surface area contributed by atoms with Crippen molar-refractivity contribution in [1.82, 2.24) is 10.2 Å². The summed E-state index contributed by atoms with van der Waals surface area (Å²) in [6, 6.07) is 8.95. The second-order valence-electron chi connectivity index (χ2n) is 6.13. The van der Waals surface area contributed by atoms with Gasteiger partial charge in [0, 0.05) is 25.2 Å². The Labute approximate surface area is 115 Å². The van der Waals surface area contributed by atoms with E-state index >= 15 is 0 Å². The second kappa shape index (κ2) is 5.51. The topological polar surface area (TPSA) is 35.5 Å². The Hall–Kier alpha value is -1.06. The van der Waals surface area contributed by atoms with Gasteiger partial charge in [-0.15, -0.1) is 0 Å². The Morgan fingerprint density at radius 3 is 2.63 bits per heavy atom. The molecule has 1 aromatic carbocycles. The number of hydrogen-bond donors (Lipinski definition) is 2. The molecule has 0 aromatic heterocycles. The van der Waals surface area contributed by atoms with E-state index in [0.29, 0.717) is 17.8 Å². The van der Waals surface area contributed by atoms with Crippen LogP contribution < -0.4 is 5.32 Å². The third-order valence-corrected chi connectivity index (χ3v) is 4.54. The number of benzene rings is 1. The van der Waals surface area contributed by atoms with E-state index in [0.717, 1.165) is 25.6 Å². The number of hydrogen-bond acceptors (Lipinski definition) is 3. The molecule has 2 fully saturated rings. The summed E-state index contributed by atoms with van der Waals surface area (Å²) < 4.78 is 0. The van der Waals surface area contributed by atoms with Crippen molar-refractivity contribution in [2.45, 2.75) is 44.8 Å². The van der Waals surface area contributed by atoms with Crippen LogP contribution in [0.1, 0.15) is 31.7 Å². The minimum atomic E-state index is 0.352. The highest BCUT2D eigenvalue weighted by molar-refractivity contribution is 5.25. The summed E-state index contributed by atoms with van der Waals surface area (Å²) in [6.45, 7) is 5.63. The molecule has 2 N–H and O–H groups in total. The van der Waals surface area contributed by atoms with E-state index in [2.05, 4.69) is 17.1 Å². The molecule has 3 nitrogen and oxygen atoms in total. The summed E-state index contributed by atoms with van der Waals surface area (Å²) in [7, 11) is 0. The lowest BCUT2D eigenvalue weighted by atomic mass is 10.1. The first-order valence-corrected chi connectivity index (χ1v) is 7.48. The van der Waals surface area contributed by atoms with Crippen molar-refractivity contribution in [2.24, 2.45) is 5.92 Å². The number of nitrogens with one attached hydrogen (secondary N) is 1. The van der Waals surface area contributed by atoms with Crippen molar-refractivity contribution in [1.29, 1.82) is 0 Å². The molecule has 3 rings (SSSR count). The van der Waals surface area contributed by atoms with Gasteiger partial charge in [0.2, 0.25) is 0 Å². The van der Waals surface area contributed by atoms with Gasteiger partial charge in [0.15, 0.2) is 0 Å². The molecular weight excluding hydrogens is 236 g/mol. The van der Waals surface area contributed by atoms with E-state index < -0.39 is 0 Å². The van der Waals surface area contributed by atoms with Crippen LogP contribution in [0, 0.1) is 5.92 Å².